The summed E-state index contributed by atoms with van der Waals surface area (Å²) in [7, 11) is 0. The Morgan fingerprint density at radius 3 is 2.61 bits per heavy atom. The molecule has 0 bridgehead atoms. The number of nitrogens with zero attached hydrogens (tertiary/aromatic N) is 2. The lowest BCUT2D eigenvalue weighted by Gasteiger charge is -2.30. The third kappa shape index (κ3) is 3.75. The van der Waals surface area contributed by atoms with Crippen LogP contribution < -0.4 is 10.2 Å². The average Bonchev–Trinajstić information content (AvgIpc) is 2.73. The maximum atomic E-state index is 12.8. The van der Waals surface area contributed by atoms with Crippen LogP contribution in [0.5, 0.6) is 0 Å². The summed E-state index contributed by atoms with van der Waals surface area (Å²) in [6, 6.07) is 15.9. The van der Waals surface area contributed by atoms with Crippen molar-refractivity contribution in [1.82, 2.24) is 4.98 Å². The van der Waals surface area contributed by atoms with Crippen molar-refractivity contribution in [2.45, 2.75) is 12.8 Å². The molecule has 2 amide bonds. The summed E-state index contributed by atoms with van der Waals surface area (Å²) in [5, 5.41) is 3.49. The van der Waals surface area contributed by atoms with Gasteiger partial charge in [-0.2, -0.15) is 0 Å². The Hall–Kier alpha value is -3.18. The maximum absolute atomic E-state index is 12.8. The van der Waals surface area contributed by atoms with Gasteiger partial charge in [0, 0.05) is 40.9 Å². The molecule has 6 heteroatoms. The standard InChI is InChI=1S/C22H18ClN3O2/c23-18-7-5-15(6-8-18)21(27)25-19-9-10-20-16(13-19)4-2-12-26(20)22(28)17-3-1-11-24-14-17/h1,3,5-11,13-14H,2,4,12H2,(H,25,27). The van der Waals surface area contributed by atoms with Crippen LogP contribution in [0.1, 0.15) is 32.7 Å². The van der Waals surface area contributed by atoms with Gasteiger partial charge in [-0.3, -0.25) is 14.6 Å². The molecule has 140 valence electrons. The number of anilines is 2. The molecule has 0 aliphatic carbocycles. The number of hydrogen-bond donors (Lipinski definition) is 1. The highest BCUT2D eigenvalue weighted by Crippen LogP contribution is 2.31. The van der Waals surface area contributed by atoms with Crippen LogP contribution >= 0.6 is 11.6 Å². The van der Waals surface area contributed by atoms with E-state index >= 15 is 0 Å². The monoisotopic (exact) mass is 391 g/mol. The number of benzene rings is 2. The van der Waals surface area contributed by atoms with Gasteiger partial charge >= 0.3 is 0 Å². The van der Waals surface area contributed by atoms with Crippen LogP contribution in [0.25, 0.3) is 0 Å². The molecule has 1 aliphatic rings. The van der Waals surface area contributed by atoms with Crippen molar-refractivity contribution in [3.05, 3.63) is 88.7 Å². The summed E-state index contributed by atoms with van der Waals surface area (Å²) >= 11 is 5.87. The Kier molecular flexibility index (Phi) is 5.08. The lowest BCUT2D eigenvalue weighted by molar-refractivity contribution is 0.0983. The van der Waals surface area contributed by atoms with E-state index in [0.717, 1.165) is 24.1 Å². The molecule has 2 heterocycles. The highest BCUT2D eigenvalue weighted by Gasteiger charge is 2.24. The van der Waals surface area contributed by atoms with E-state index in [2.05, 4.69) is 10.3 Å². The number of amides is 2. The number of nitrogens with one attached hydrogen (secondary N) is 1. The normalized spacial score (nSPS) is 13.0. The molecule has 2 aromatic carbocycles. The van der Waals surface area contributed by atoms with Crippen LogP contribution in [0, 0.1) is 0 Å². The molecule has 0 spiro atoms. The van der Waals surface area contributed by atoms with E-state index in [9.17, 15) is 9.59 Å². The van der Waals surface area contributed by atoms with E-state index in [0.29, 0.717) is 28.4 Å². The average molecular weight is 392 g/mol. The lowest BCUT2D eigenvalue weighted by Crippen LogP contribution is -2.35. The zero-order valence-corrected chi connectivity index (χ0v) is 15.8. The molecule has 0 atom stereocenters. The number of hydrogen-bond acceptors (Lipinski definition) is 3. The van der Waals surface area contributed by atoms with E-state index in [4.69, 9.17) is 11.6 Å². The van der Waals surface area contributed by atoms with Crippen LogP contribution in [0.4, 0.5) is 11.4 Å². The van der Waals surface area contributed by atoms with Crippen LogP contribution in [-0.2, 0) is 6.42 Å². The molecule has 0 radical (unpaired) electrons. The van der Waals surface area contributed by atoms with Gasteiger partial charge in [0.15, 0.2) is 0 Å². The minimum Gasteiger partial charge on any atom is -0.322 e. The number of fused-ring (bicyclic) bond motifs is 1. The van der Waals surface area contributed by atoms with Gasteiger partial charge in [0.1, 0.15) is 0 Å². The number of carbonyl (C=O) groups is 2. The zero-order chi connectivity index (χ0) is 19.5. The molecular weight excluding hydrogens is 374 g/mol. The van der Waals surface area contributed by atoms with Crippen molar-refractivity contribution in [2.24, 2.45) is 0 Å². The second-order valence-electron chi connectivity index (χ2n) is 6.61. The zero-order valence-electron chi connectivity index (χ0n) is 15.1. The molecule has 3 aromatic rings. The SMILES string of the molecule is O=C(Nc1ccc2c(c1)CCCN2C(=O)c1cccnc1)c1ccc(Cl)cc1. The Morgan fingerprint density at radius 1 is 1.04 bits per heavy atom. The minimum absolute atomic E-state index is 0.0630. The summed E-state index contributed by atoms with van der Waals surface area (Å²) in [6.45, 7) is 0.664. The second-order valence-corrected chi connectivity index (χ2v) is 7.04. The van der Waals surface area contributed by atoms with Crippen molar-refractivity contribution in [3.8, 4) is 0 Å². The van der Waals surface area contributed by atoms with Crippen molar-refractivity contribution < 1.29 is 9.59 Å². The van der Waals surface area contributed by atoms with E-state index in [1.807, 2.05) is 18.2 Å². The molecule has 5 nitrogen and oxygen atoms in total. The van der Waals surface area contributed by atoms with E-state index < -0.39 is 0 Å². The van der Waals surface area contributed by atoms with Crippen LogP contribution in [0.15, 0.2) is 67.0 Å². The summed E-state index contributed by atoms with van der Waals surface area (Å²) in [5.74, 6) is -0.261. The van der Waals surface area contributed by atoms with Gasteiger partial charge in [-0.15, -0.1) is 0 Å². The van der Waals surface area contributed by atoms with Crippen molar-refractivity contribution >= 4 is 34.8 Å². The highest BCUT2D eigenvalue weighted by atomic mass is 35.5. The van der Waals surface area contributed by atoms with Crippen molar-refractivity contribution in [1.29, 1.82) is 0 Å². The minimum atomic E-state index is -0.198. The molecule has 4 rings (SSSR count). The van der Waals surface area contributed by atoms with Gasteiger partial charge in [-0.05, 0) is 73.0 Å². The van der Waals surface area contributed by atoms with Gasteiger partial charge in [0.05, 0.1) is 5.56 Å². The molecule has 1 aliphatic heterocycles. The first kappa shape index (κ1) is 18.2. The maximum Gasteiger partial charge on any atom is 0.259 e. The Bertz CT molecular complexity index is 1020. The van der Waals surface area contributed by atoms with Crippen molar-refractivity contribution in [3.63, 3.8) is 0 Å². The number of rotatable bonds is 3. The molecule has 1 aromatic heterocycles. The van der Waals surface area contributed by atoms with E-state index in [1.54, 1.807) is 53.7 Å². The van der Waals surface area contributed by atoms with Crippen LogP contribution in [0.3, 0.4) is 0 Å². The molecular formula is C22H18ClN3O2. The van der Waals surface area contributed by atoms with Gasteiger partial charge in [0.25, 0.3) is 11.8 Å². The first-order valence-corrected chi connectivity index (χ1v) is 9.41. The Morgan fingerprint density at radius 2 is 1.86 bits per heavy atom. The molecule has 0 saturated carbocycles. The molecule has 0 unspecified atom stereocenters. The van der Waals surface area contributed by atoms with Crippen molar-refractivity contribution in [2.75, 3.05) is 16.8 Å². The van der Waals surface area contributed by atoms with Gasteiger partial charge < -0.3 is 10.2 Å². The summed E-state index contributed by atoms with van der Waals surface area (Å²) in [5.41, 5.74) is 3.72. The third-order valence-corrected chi connectivity index (χ3v) is 4.97. The molecule has 1 N–H and O–H groups in total. The first-order chi connectivity index (χ1) is 13.6. The number of halogens is 1. The summed E-state index contributed by atoms with van der Waals surface area (Å²) < 4.78 is 0. The highest BCUT2D eigenvalue weighted by molar-refractivity contribution is 6.30. The Balaban J connectivity index is 1.55. The topological polar surface area (TPSA) is 62.3 Å². The predicted molar refractivity (Wildman–Crippen MR) is 110 cm³/mol. The second kappa shape index (κ2) is 7.82. The first-order valence-electron chi connectivity index (χ1n) is 9.03. The fraction of sp³-hybridized carbons (Fsp3) is 0.136. The number of pyridine rings is 1. The largest absolute Gasteiger partial charge is 0.322 e. The fourth-order valence-corrected chi connectivity index (χ4v) is 3.46. The smallest absolute Gasteiger partial charge is 0.259 e. The van der Waals surface area contributed by atoms with E-state index in [-0.39, 0.29) is 11.8 Å². The third-order valence-electron chi connectivity index (χ3n) is 4.72. The van der Waals surface area contributed by atoms with Gasteiger partial charge in [0.2, 0.25) is 0 Å². The fourth-order valence-electron chi connectivity index (χ4n) is 3.34. The summed E-state index contributed by atoms with van der Waals surface area (Å²) in [6.07, 6.45) is 4.96. The van der Waals surface area contributed by atoms with Crippen LogP contribution in [0.2, 0.25) is 5.02 Å². The van der Waals surface area contributed by atoms with Crippen LogP contribution in [-0.4, -0.2) is 23.3 Å². The molecule has 0 saturated heterocycles. The van der Waals surface area contributed by atoms with Gasteiger partial charge in [-0.25, -0.2) is 0 Å². The quantitative estimate of drug-likeness (QED) is 0.710. The predicted octanol–water partition coefficient (Wildman–Crippen LogP) is 4.58. The number of aromatic nitrogens is 1. The lowest BCUT2D eigenvalue weighted by atomic mass is 10.00. The summed E-state index contributed by atoms with van der Waals surface area (Å²) in [4.78, 5) is 31.1. The Labute approximate surface area is 168 Å². The number of carbonyl (C=O) groups excluding carboxylic acids is 2. The van der Waals surface area contributed by atoms with Gasteiger partial charge in [-0.1, -0.05) is 11.6 Å². The molecule has 0 fully saturated rings. The molecule has 28 heavy (non-hydrogen) atoms. The van der Waals surface area contributed by atoms with E-state index in [1.165, 1.54) is 0 Å². The number of aryl methyl sites for hydroxylation is 1.